The SMILES string of the molecule is CN1C(=N)N(C)/C(=C\c2c[nH]c3ccccc23)C1=O. The number of aromatic nitrogens is 1. The first kappa shape index (κ1) is 11.5. The summed E-state index contributed by atoms with van der Waals surface area (Å²) in [5, 5.41) is 8.86. The number of benzene rings is 1. The van der Waals surface area contributed by atoms with Crippen LogP contribution in [0.15, 0.2) is 36.2 Å². The standard InChI is InChI=1S/C14H14N4O/c1-17-12(13(19)18(2)14(17)15)7-9-8-16-11-6-4-3-5-10(9)11/h3-8,15-16H,1-2H3/b12-7-,15-14?. The average molecular weight is 254 g/mol. The number of carbonyl (C=O) groups excluding carboxylic acids is 1. The van der Waals surface area contributed by atoms with Crippen molar-refractivity contribution in [2.75, 3.05) is 14.1 Å². The molecule has 1 aromatic heterocycles. The van der Waals surface area contributed by atoms with E-state index < -0.39 is 0 Å². The number of hydrogen-bond acceptors (Lipinski definition) is 2. The molecule has 96 valence electrons. The van der Waals surface area contributed by atoms with Gasteiger partial charge in [-0.15, -0.1) is 0 Å². The Hall–Kier alpha value is -2.56. The molecule has 1 aliphatic heterocycles. The van der Waals surface area contributed by atoms with Gasteiger partial charge in [0.25, 0.3) is 5.91 Å². The molecule has 3 rings (SSSR count). The second-order valence-corrected chi connectivity index (χ2v) is 4.57. The summed E-state index contributed by atoms with van der Waals surface area (Å²) < 4.78 is 0. The van der Waals surface area contributed by atoms with Crippen LogP contribution in [0.25, 0.3) is 17.0 Å². The number of fused-ring (bicyclic) bond motifs is 1. The summed E-state index contributed by atoms with van der Waals surface area (Å²) in [6, 6.07) is 7.93. The van der Waals surface area contributed by atoms with E-state index in [-0.39, 0.29) is 11.9 Å². The Balaban J connectivity index is 2.11. The van der Waals surface area contributed by atoms with Gasteiger partial charge in [0.05, 0.1) is 0 Å². The molecule has 2 aromatic rings. The van der Waals surface area contributed by atoms with Gasteiger partial charge in [-0.25, -0.2) is 0 Å². The van der Waals surface area contributed by atoms with Gasteiger partial charge in [0.1, 0.15) is 5.70 Å². The van der Waals surface area contributed by atoms with Crippen molar-refractivity contribution in [2.45, 2.75) is 0 Å². The van der Waals surface area contributed by atoms with Gasteiger partial charge in [0.2, 0.25) is 5.96 Å². The van der Waals surface area contributed by atoms with Crippen molar-refractivity contribution in [3.05, 3.63) is 41.7 Å². The molecule has 1 aliphatic rings. The van der Waals surface area contributed by atoms with Gasteiger partial charge >= 0.3 is 0 Å². The highest BCUT2D eigenvalue weighted by atomic mass is 16.2. The third-order valence-corrected chi connectivity index (χ3v) is 3.43. The van der Waals surface area contributed by atoms with Crippen LogP contribution in [0.5, 0.6) is 0 Å². The molecule has 1 saturated heterocycles. The zero-order valence-electron chi connectivity index (χ0n) is 10.8. The smallest absolute Gasteiger partial charge is 0.277 e. The number of amides is 1. The summed E-state index contributed by atoms with van der Waals surface area (Å²) >= 11 is 0. The minimum absolute atomic E-state index is 0.155. The van der Waals surface area contributed by atoms with Crippen LogP contribution < -0.4 is 0 Å². The first-order chi connectivity index (χ1) is 9.09. The molecule has 0 atom stereocenters. The van der Waals surface area contributed by atoms with Crippen LogP contribution in [0.1, 0.15) is 5.56 Å². The highest BCUT2D eigenvalue weighted by molar-refractivity contribution is 6.14. The molecule has 19 heavy (non-hydrogen) atoms. The van der Waals surface area contributed by atoms with Crippen molar-refractivity contribution < 1.29 is 4.79 Å². The Morgan fingerprint density at radius 1 is 1.21 bits per heavy atom. The Morgan fingerprint density at radius 3 is 2.63 bits per heavy atom. The fourth-order valence-electron chi connectivity index (χ4n) is 2.27. The zero-order valence-corrected chi connectivity index (χ0v) is 10.8. The summed E-state index contributed by atoms with van der Waals surface area (Å²) in [5.74, 6) is 0.0360. The molecule has 0 unspecified atom stereocenters. The van der Waals surface area contributed by atoms with Crippen LogP contribution in [0.2, 0.25) is 0 Å². The van der Waals surface area contributed by atoms with Crippen molar-refractivity contribution >= 4 is 28.8 Å². The summed E-state index contributed by atoms with van der Waals surface area (Å²) in [6.45, 7) is 0. The Kier molecular flexibility index (Phi) is 2.41. The first-order valence-electron chi connectivity index (χ1n) is 5.98. The number of guanidine groups is 1. The molecular formula is C14H14N4O. The molecule has 0 aliphatic carbocycles. The van der Waals surface area contributed by atoms with Crippen LogP contribution >= 0.6 is 0 Å². The molecular weight excluding hydrogens is 240 g/mol. The van der Waals surface area contributed by atoms with Gasteiger partial charge in [-0.05, 0) is 12.1 Å². The van der Waals surface area contributed by atoms with E-state index in [1.165, 1.54) is 4.90 Å². The first-order valence-corrected chi connectivity index (χ1v) is 5.98. The average Bonchev–Trinajstić information content (AvgIpc) is 2.91. The summed E-state index contributed by atoms with van der Waals surface area (Å²) in [5.41, 5.74) is 2.50. The third kappa shape index (κ3) is 1.62. The molecule has 5 heteroatoms. The van der Waals surface area contributed by atoms with Gasteiger partial charge in [0, 0.05) is 36.8 Å². The van der Waals surface area contributed by atoms with E-state index in [2.05, 4.69) is 4.98 Å². The lowest BCUT2D eigenvalue weighted by atomic mass is 10.1. The lowest BCUT2D eigenvalue weighted by Crippen LogP contribution is -2.27. The molecule has 0 radical (unpaired) electrons. The molecule has 5 nitrogen and oxygen atoms in total. The molecule has 2 heterocycles. The monoisotopic (exact) mass is 254 g/mol. The van der Waals surface area contributed by atoms with E-state index >= 15 is 0 Å². The summed E-state index contributed by atoms with van der Waals surface area (Å²) in [7, 11) is 3.33. The van der Waals surface area contributed by atoms with Gasteiger partial charge in [0.15, 0.2) is 0 Å². The van der Waals surface area contributed by atoms with E-state index in [0.29, 0.717) is 5.70 Å². The number of rotatable bonds is 1. The number of H-pyrrole nitrogens is 1. The summed E-state index contributed by atoms with van der Waals surface area (Å²) in [4.78, 5) is 18.1. The molecule has 1 fully saturated rings. The van der Waals surface area contributed by atoms with E-state index in [4.69, 9.17) is 5.41 Å². The Labute approximate surface area is 110 Å². The predicted octanol–water partition coefficient (Wildman–Crippen LogP) is 1.85. The number of hydrogen-bond donors (Lipinski definition) is 2. The van der Waals surface area contributed by atoms with E-state index in [1.54, 1.807) is 19.0 Å². The number of para-hydroxylation sites is 1. The topological polar surface area (TPSA) is 63.2 Å². The lowest BCUT2D eigenvalue weighted by Gasteiger charge is -2.10. The Bertz CT molecular complexity index is 713. The van der Waals surface area contributed by atoms with Gasteiger partial charge in [-0.2, -0.15) is 0 Å². The van der Waals surface area contributed by atoms with Crippen LogP contribution in [0.3, 0.4) is 0 Å². The van der Waals surface area contributed by atoms with E-state index in [0.717, 1.165) is 16.5 Å². The fourth-order valence-corrected chi connectivity index (χ4v) is 2.27. The predicted molar refractivity (Wildman–Crippen MR) is 74.5 cm³/mol. The summed E-state index contributed by atoms with van der Waals surface area (Å²) in [6.07, 6.45) is 3.69. The molecule has 0 spiro atoms. The van der Waals surface area contributed by atoms with Crippen molar-refractivity contribution in [1.82, 2.24) is 14.8 Å². The number of nitrogens with one attached hydrogen (secondary N) is 2. The van der Waals surface area contributed by atoms with Crippen LogP contribution in [0, 0.1) is 5.41 Å². The highest BCUT2D eigenvalue weighted by Gasteiger charge is 2.33. The second-order valence-electron chi connectivity index (χ2n) is 4.57. The van der Waals surface area contributed by atoms with Crippen LogP contribution in [-0.4, -0.2) is 40.7 Å². The Morgan fingerprint density at radius 2 is 1.95 bits per heavy atom. The highest BCUT2D eigenvalue weighted by Crippen LogP contribution is 2.24. The molecule has 0 saturated carbocycles. The second kappa shape index (κ2) is 3.98. The van der Waals surface area contributed by atoms with Crippen LogP contribution in [0.4, 0.5) is 0 Å². The number of nitrogens with zero attached hydrogens (tertiary/aromatic N) is 2. The van der Waals surface area contributed by atoms with Gasteiger partial charge in [-0.1, -0.05) is 18.2 Å². The normalized spacial score (nSPS) is 18.1. The lowest BCUT2D eigenvalue weighted by molar-refractivity contribution is -0.121. The fraction of sp³-hybridized carbons (Fsp3) is 0.143. The van der Waals surface area contributed by atoms with Crippen molar-refractivity contribution in [3.63, 3.8) is 0 Å². The van der Waals surface area contributed by atoms with Crippen molar-refractivity contribution in [1.29, 1.82) is 5.41 Å². The maximum absolute atomic E-state index is 12.1. The van der Waals surface area contributed by atoms with Crippen LogP contribution in [-0.2, 0) is 4.79 Å². The minimum Gasteiger partial charge on any atom is -0.361 e. The molecule has 0 bridgehead atoms. The van der Waals surface area contributed by atoms with Gasteiger partial charge in [-0.3, -0.25) is 15.1 Å². The van der Waals surface area contributed by atoms with Crippen molar-refractivity contribution in [2.24, 2.45) is 0 Å². The third-order valence-electron chi connectivity index (χ3n) is 3.43. The number of likely N-dealkylation sites (N-methyl/N-ethyl adjacent to an activating group) is 2. The molecule has 1 aromatic carbocycles. The van der Waals surface area contributed by atoms with E-state index in [9.17, 15) is 4.79 Å². The maximum Gasteiger partial charge on any atom is 0.277 e. The quantitative estimate of drug-likeness (QED) is 0.763. The zero-order chi connectivity index (χ0) is 13.6. The number of carbonyl (C=O) groups is 1. The van der Waals surface area contributed by atoms with E-state index in [1.807, 2.05) is 36.5 Å². The maximum atomic E-state index is 12.1. The molecule has 2 N–H and O–H groups in total. The molecule has 1 amide bonds. The minimum atomic E-state index is -0.155. The van der Waals surface area contributed by atoms with Gasteiger partial charge < -0.3 is 9.88 Å². The van der Waals surface area contributed by atoms with Crippen molar-refractivity contribution in [3.8, 4) is 0 Å². The largest absolute Gasteiger partial charge is 0.361 e. The number of aromatic amines is 1.